The van der Waals surface area contributed by atoms with Crippen LogP contribution in [0, 0.1) is 6.92 Å². The molecule has 130 valence electrons. The fourth-order valence-corrected chi connectivity index (χ4v) is 2.90. The number of nitrogens with one attached hydrogen (secondary N) is 2. The van der Waals surface area contributed by atoms with E-state index in [0.29, 0.717) is 10.4 Å². The van der Waals surface area contributed by atoms with Gasteiger partial charge in [-0.05, 0) is 13.0 Å². The molecule has 0 spiro atoms. The van der Waals surface area contributed by atoms with Crippen molar-refractivity contribution >= 4 is 17.7 Å². The van der Waals surface area contributed by atoms with Crippen LogP contribution in [0.25, 0.3) is 0 Å². The highest BCUT2D eigenvalue weighted by Gasteiger charge is 2.43. The Morgan fingerprint density at radius 1 is 1.25 bits per heavy atom. The van der Waals surface area contributed by atoms with Crippen LogP contribution in [0.1, 0.15) is 16.2 Å². The normalized spacial score (nSPS) is 23.8. The second kappa shape index (κ2) is 5.49. The molecule has 2 aliphatic heterocycles. The maximum absolute atomic E-state index is 12.6. The molecule has 3 rings (SSSR count). The fraction of sp³-hybridized carbons (Fsp3) is 0.538. The average Bonchev–Trinajstić information content (AvgIpc) is 3.00. The summed E-state index contributed by atoms with van der Waals surface area (Å²) in [5.74, 6) is -2.20. The number of likely N-dealkylation sites (tertiary alicyclic amines) is 1. The zero-order valence-electron chi connectivity index (χ0n) is 12.6. The molecule has 2 N–H and O–H groups in total. The van der Waals surface area contributed by atoms with E-state index in [0.717, 1.165) is 0 Å². The molecule has 0 aliphatic carbocycles. The van der Waals surface area contributed by atoms with Gasteiger partial charge in [0.2, 0.25) is 0 Å². The summed E-state index contributed by atoms with van der Waals surface area (Å²) in [6.07, 6.45) is -4.51. The summed E-state index contributed by atoms with van der Waals surface area (Å²) < 4.78 is 38.5. The average molecular weight is 345 g/mol. The summed E-state index contributed by atoms with van der Waals surface area (Å²) in [5, 5.41) is 8.66. The van der Waals surface area contributed by atoms with Crippen LogP contribution in [0.15, 0.2) is 6.07 Å². The molecule has 1 aromatic rings. The largest absolute Gasteiger partial charge is 0.408 e. The lowest BCUT2D eigenvalue weighted by Gasteiger charge is -2.25. The maximum atomic E-state index is 12.6. The van der Waals surface area contributed by atoms with Gasteiger partial charge in [0.1, 0.15) is 12.2 Å². The molecule has 11 heteroatoms. The van der Waals surface area contributed by atoms with Crippen molar-refractivity contribution in [1.29, 1.82) is 0 Å². The maximum Gasteiger partial charge on any atom is 0.408 e. The summed E-state index contributed by atoms with van der Waals surface area (Å²) >= 11 is 0. The molecule has 0 aromatic carbocycles. The first-order valence-corrected chi connectivity index (χ1v) is 7.16. The van der Waals surface area contributed by atoms with Crippen LogP contribution >= 0.6 is 0 Å². The number of carbonyl (C=O) groups excluding carboxylic acids is 3. The van der Waals surface area contributed by atoms with Gasteiger partial charge in [0.05, 0.1) is 17.8 Å². The molecule has 0 bridgehead atoms. The van der Waals surface area contributed by atoms with Gasteiger partial charge in [-0.3, -0.25) is 19.1 Å². The molecule has 3 amide bonds. The van der Waals surface area contributed by atoms with Crippen molar-refractivity contribution in [2.24, 2.45) is 0 Å². The van der Waals surface area contributed by atoms with Crippen molar-refractivity contribution in [2.45, 2.75) is 31.7 Å². The number of alkyl halides is 3. The minimum Gasteiger partial charge on any atom is -0.341 e. The van der Waals surface area contributed by atoms with Gasteiger partial charge in [-0.2, -0.15) is 18.3 Å². The van der Waals surface area contributed by atoms with E-state index in [1.807, 2.05) is 0 Å². The highest BCUT2D eigenvalue weighted by Crippen LogP contribution is 2.21. The zero-order chi connectivity index (χ0) is 17.6. The van der Waals surface area contributed by atoms with Crippen LogP contribution in [0.5, 0.6) is 0 Å². The first kappa shape index (κ1) is 16.3. The lowest BCUT2D eigenvalue weighted by molar-refractivity contribution is -0.142. The Bertz CT molecular complexity index is 690. The quantitative estimate of drug-likeness (QED) is 0.686. The Morgan fingerprint density at radius 2 is 1.79 bits per heavy atom. The van der Waals surface area contributed by atoms with Gasteiger partial charge < -0.3 is 15.5 Å². The Labute approximate surface area is 134 Å². The molecule has 8 nitrogen and oxygen atoms in total. The van der Waals surface area contributed by atoms with Gasteiger partial charge in [0.25, 0.3) is 5.91 Å². The third-order valence-corrected chi connectivity index (χ3v) is 3.90. The highest BCUT2D eigenvalue weighted by molar-refractivity contribution is 6.35. The van der Waals surface area contributed by atoms with Crippen LogP contribution < -0.4 is 10.6 Å². The SMILES string of the molecule is Cc1cc(C(=O)N2C[C@@H]3NC(=O)C(=O)N[C@@H]3C2)n(CC(F)(F)F)n1. The number of aromatic nitrogens is 2. The van der Waals surface area contributed by atoms with Crippen molar-refractivity contribution in [3.05, 3.63) is 17.5 Å². The van der Waals surface area contributed by atoms with Gasteiger partial charge >= 0.3 is 18.0 Å². The van der Waals surface area contributed by atoms with E-state index in [4.69, 9.17) is 0 Å². The number of rotatable bonds is 2. The third kappa shape index (κ3) is 3.05. The highest BCUT2D eigenvalue weighted by atomic mass is 19.4. The zero-order valence-corrected chi connectivity index (χ0v) is 12.6. The minimum absolute atomic E-state index is 0.103. The lowest BCUT2D eigenvalue weighted by atomic mass is 10.1. The number of halogens is 3. The molecular formula is C13H14F3N5O3. The van der Waals surface area contributed by atoms with E-state index in [1.165, 1.54) is 17.9 Å². The number of aryl methyl sites for hydroxylation is 1. The van der Waals surface area contributed by atoms with Crippen LogP contribution in [-0.2, 0) is 16.1 Å². The van der Waals surface area contributed by atoms with Crippen molar-refractivity contribution in [1.82, 2.24) is 25.3 Å². The fourth-order valence-electron chi connectivity index (χ4n) is 2.90. The Hall–Kier alpha value is -2.59. The van der Waals surface area contributed by atoms with Crippen LogP contribution in [0.3, 0.4) is 0 Å². The van der Waals surface area contributed by atoms with Crippen LogP contribution in [0.4, 0.5) is 13.2 Å². The van der Waals surface area contributed by atoms with Crippen molar-refractivity contribution in [2.75, 3.05) is 13.1 Å². The standard InChI is InChI=1S/C13H14F3N5O3/c1-6-2-9(21(19-6)5-13(14,15)16)12(24)20-3-7-8(4-20)18-11(23)10(22)17-7/h2,7-8H,3-5H2,1H3,(H,17,22)(H,18,23)/t7-,8+. The second-order valence-electron chi connectivity index (χ2n) is 5.81. The summed E-state index contributed by atoms with van der Waals surface area (Å²) in [5.41, 5.74) is 0.113. The van der Waals surface area contributed by atoms with Crippen molar-refractivity contribution in [3.63, 3.8) is 0 Å². The van der Waals surface area contributed by atoms with Gasteiger partial charge in [-0.25, -0.2) is 0 Å². The van der Waals surface area contributed by atoms with E-state index in [2.05, 4.69) is 15.7 Å². The van der Waals surface area contributed by atoms with Crippen LogP contribution in [0.2, 0.25) is 0 Å². The molecule has 2 saturated heterocycles. The number of nitrogens with zero attached hydrogens (tertiary/aromatic N) is 3. The Kier molecular flexibility index (Phi) is 3.73. The van der Waals surface area contributed by atoms with Gasteiger partial charge in [-0.1, -0.05) is 0 Å². The molecule has 0 saturated carbocycles. The number of hydrogen-bond donors (Lipinski definition) is 2. The number of hydrogen-bond acceptors (Lipinski definition) is 4. The van der Waals surface area contributed by atoms with E-state index in [9.17, 15) is 27.6 Å². The predicted octanol–water partition coefficient (Wildman–Crippen LogP) is -0.807. The molecule has 0 unspecified atom stereocenters. The molecule has 24 heavy (non-hydrogen) atoms. The Balaban J connectivity index is 1.78. The lowest BCUT2D eigenvalue weighted by Crippen LogP contribution is -2.61. The van der Waals surface area contributed by atoms with E-state index < -0.39 is 42.5 Å². The van der Waals surface area contributed by atoms with E-state index >= 15 is 0 Å². The minimum atomic E-state index is -4.51. The van der Waals surface area contributed by atoms with Crippen LogP contribution in [-0.4, -0.2) is 63.8 Å². The smallest absolute Gasteiger partial charge is 0.341 e. The summed E-state index contributed by atoms with van der Waals surface area (Å²) in [7, 11) is 0. The Morgan fingerprint density at radius 3 is 2.29 bits per heavy atom. The van der Waals surface area contributed by atoms with Gasteiger partial charge in [0.15, 0.2) is 0 Å². The second-order valence-corrected chi connectivity index (χ2v) is 5.81. The summed E-state index contributed by atoms with van der Waals surface area (Å²) in [6.45, 7) is 0.335. The monoisotopic (exact) mass is 345 g/mol. The summed E-state index contributed by atoms with van der Waals surface area (Å²) in [6, 6.07) is 0.367. The predicted molar refractivity (Wildman–Crippen MR) is 72.8 cm³/mol. The van der Waals surface area contributed by atoms with Gasteiger partial charge in [0, 0.05) is 13.1 Å². The molecule has 3 heterocycles. The first-order valence-electron chi connectivity index (χ1n) is 7.16. The van der Waals surface area contributed by atoms with E-state index in [1.54, 1.807) is 0 Å². The molecular weight excluding hydrogens is 331 g/mol. The first-order chi connectivity index (χ1) is 11.1. The van der Waals surface area contributed by atoms with Crippen molar-refractivity contribution in [3.8, 4) is 0 Å². The van der Waals surface area contributed by atoms with Crippen molar-refractivity contribution < 1.29 is 27.6 Å². The number of carbonyl (C=O) groups is 3. The van der Waals surface area contributed by atoms with E-state index in [-0.39, 0.29) is 18.8 Å². The summed E-state index contributed by atoms with van der Waals surface area (Å²) in [4.78, 5) is 36.5. The molecule has 2 fully saturated rings. The molecule has 1 aromatic heterocycles. The topological polar surface area (TPSA) is 96.3 Å². The molecule has 2 aliphatic rings. The number of piperazine rings is 1. The van der Waals surface area contributed by atoms with Gasteiger partial charge in [-0.15, -0.1) is 0 Å². The number of fused-ring (bicyclic) bond motifs is 1. The number of amides is 3. The molecule has 0 radical (unpaired) electrons. The molecule has 2 atom stereocenters. The third-order valence-electron chi connectivity index (χ3n) is 3.90.